The molecule has 3 rings (SSSR count). The number of phosphoric ester groups is 1. The zero-order valence-electron chi connectivity index (χ0n) is 25.0. The van der Waals surface area contributed by atoms with E-state index in [1.807, 2.05) is 6.92 Å². The van der Waals surface area contributed by atoms with Crippen molar-refractivity contribution in [3.05, 3.63) is 47.1 Å². The molecule has 0 spiro atoms. The van der Waals surface area contributed by atoms with E-state index in [1.165, 1.54) is 5.57 Å². The summed E-state index contributed by atoms with van der Waals surface area (Å²) >= 11 is 0. The lowest BCUT2D eigenvalue weighted by atomic mass is 9.73. The second-order valence-electron chi connectivity index (χ2n) is 10.9. The van der Waals surface area contributed by atoms with E-state index < -0.39 is 19.4 Å². The van der Waals surface area contributed by atoms with Gasteiger partial charge in [0, 0.05) is 18.6 Å². The third-order valence-electron chi connectivity index (χ3n) is 7.45. The maximum Gasteiger partial charge on any atom is 0.473 e. The molecule has 0 bridgehead atoms. The summed E-state index contributed by atoms with van der Waals surface area (Å²) in [4.78, 5) is 23.7. The smallest absolute Gasteiger partial charge is 0.473 e. The summed E-state index contributed by atoms with van der Waals surface area (Å²) in [6.45, 7) is 10.9. The zero-order valence-corrected chi connectivity index (χ0v) is 25.9. The molecule has 1 aromatic rings. The zero-order chi connectivity index (χ0) is 29.3. The largest absolute Gasteiger partial charge is 0.507 e. The van der Waals surface area contributed by atoms with Crippen LogP contribution < -0.4 is 10.9 Å². The minimum absolute atomic E-state index is 0. The number of hydrogen-bond acceptors (Lipinski definition) is 9. The number of phenolic OH excluding ortho intramolecular Hbond substituents is 1. The highest BCUT2D eigenvalue weighted by Gasteiger charge is 2.58. The molecule has 5 N–H and O–H groups in total. The summed E-state index contributed by atoms with van der Waals surface area (Å²) in [5.41, 5.74) is 1.98. The van der Waals surface area contributed by atoms with Crippen molar-refractivity contribution in [2.24, 2.45) is 5.92 Å². The minimum atomic E-state index is -4.56. The Labute approximate surface area is 244 Å². The topological polar surface area (TPSA) is 156 Å². The highest BCUT2D eigenvalue weighted by molar-refractivity contribution is 7.47. The van der Waals surface area contributed by atoms with Gasteiger partial charge in [-0.1, -0.05) is 43.6 Å². The summed E-state index contributed by atoms with van der Waals surface area (Å²) in [6.07, 6.45) is 8.12. The van der Waals surface area contributed by atoms with Gasteiger partial charge in [0.2, 0.25) is 0 Å². The summed E-state index contributed by atoms with van der Waals surface area (Å²) in [5, 5.41) is 11.3. The van der Waals surface area contributed by atoms with Crippen LogP contribution in [0.5, 0.6) is 11.5 Å². The molecular weight excluding hydrogens is 549 g/mol. The minimum Gasteiger partial charge on any atom is -0.507 e. The number of methoxy groups -OCH3 is 1. The third-order valence-corrected chi connectivity index (χ3v) is 8.53. The number of ether oxygens (including phenoxy) is 3. The van der Waals surface area contributed by atoms with Gasteiger partial charge in [-0.05, 0) is 76.0 Å². The lowest BCUT2D eigenvalue weighted by Gasteiger charge is -2.32. The first-order chi connectivity index (χ1) is 19.0. The van der Waals surface area contributed by atoms with Crippen LogP contribution in [0.15, 0.2) is 35.9 Å². The van der Waals surface area contributed by atoms with Gasteiger partial charge in [0.05, 0.1) is 26.4 Å². The van der Waals surface area contributed by atoms with E-state index in [4.69, 9.17) is 23.3 Å². The van der Waals surface area contributed by atoms with Crippen LogP contribution >= 0.6 is 7.82 Å². The van der Waals surface area contributed by atoms with E-state index in [-0.39, 0.29) is 55.5 Å². The molecular formula is C30H48NO9P. The van der Waals surface area contributed by atoms with E-state index in [1.54, 1.807) is 19.2 Å². The van der Waals surface area contributed by atoms with Crippen molar-refractivity contribution in [3.8, 4) is 11.5 Å². The first-order valence-electron chi connectivity index (χ1n) is 14.2. The Morgan fingerprint density at radius 2 is 1.88 bits per heavy atom. The van der Waals surface area contributed by atoms with Gasteiger partial charge in [0.15, 0.2) is 5.60 Å². The second-order valence-corrected chi connectivity index (χ2v) is 12.3. The Bertz CT molecular complexity index is 1120. The number of carbonyl (C=O) groups excluding carboxylic acids is 1. The maximum absolute atomic E-state index is 13.4. The third kappa shape index (κ3) is 10.0. The molecule has 0 aromatic heterocycles. The second kappa shape index (κ2) is 16.0. The number of aromatic hydroxyl groups is 1. The molecule has 0 saturated heterocycles. The molecule has 2 aliphatic rings. The van der Waals surface area contributed by atoms with E-state index in [0.29, 0.717) is 18.8 Å². The Kier molecular flexibility index (Phi) is 13.7. The number of phosphoric acid groups is 1. The van der Waals surface area contributed by atoms with Gasteiger partial charge in [-0.3, -0.25) is 9.05 Å². The summed E-state index contributed by atoms with van der Waals surface area (Å²) < 4.78 is 39.0. The Morgan fingerprint density at radius 1 is 1.17 bits per heavy atom. The van der Waals surface area contributed by atoms with Crippen molar-refractivity contribution >= 4 is 13.8 Å². The van der Waals surface area contributed by atoms with Crippen LogP contribution in [-0.4, -0.2) is 55.1 Å². The number of aryl methyl sites for hydroxylation is 1. The molecule has 232 valence electrons. The number of carbonyl (C=O) groups is 1. The summed E-state index contributed by atoms with van der Waals surface area (Å²) in [7, 11) is -3.01. The molecule has 41 heavy (non-hydrogen) atoms. The molecule has 0 amide bonds. The molecule has 0 aliphatic heterocycles. The predicted octanol–water partition coefficient (Wildman–Crippen LogP) is 6.54. The molecule has 1 fully saturated rings. The molecule has 2 aliphatic carbocycles. The van der Waals surface area contributed by atoms with E-state index in [2.05, 4.69) is 26.5 Å². The van der Waals surface area contributed by atoms with Crippen molar-refractivity contribution in [1.29, 1.82) is 0 Å². The Morgan fingerprint density at radius 3 is 2.51 bits per heavy atom. The van der Waals surface area contributed by atoms with Crippen molar-refractivity contribution < 1.29 is 42.6 Å². The fourth-order valence-electron chi connectivity index (χ4n) is 5.06. The van der Waals surface area contributed by atoms with Gasteiger partial charge in [0.1, 0.15) is 11.5 Å². The number of esters is 1. The van der Waals surface area contributed by atoms with Crippen LogP contribution in [0.2, 0.25) is 0 Å². The van der Waals surface area contributed by atoms with Gasteiger partial charge in [-0.25, -0.2) is 9.36 Å². The average Bonchev–Trinajstić information content (AvgIpc) is 3.66. The van der Waals surface area contributed by atoms with Crippen LogP contribution in [0.3, 0.4) is 0 Å². The molecule has 1 saturated carbocycles. The van der Waals surface area contributed by atoms with Gasteiger partial charge in [0.25, 0.3) is 0 Å². The lowest BCUT2D eigenvalue weighted by molar-refractivity contribution is -0.145. The number of rotatable bonds is 17. The number of allylic oxidation sites excluding steroid dienone is 3. The van der Waals surface area contributed by atoms with E-state index in [9.17, 15) is 19.4 Å². The van der Waals surface area contributed by atoms with Crippen molar-refractivity contribution in [2.45, 2.75) is 83.7 Å². The first-order valence-corrected chi connectivity index (χ1v) is 15.7. The van der Waals surface area contributed by atoms with Crippen LogP contribution in [0.1, 0.15) is 82.8 Å². The first kappa shape index (κ1) is 35.2. The fraction of sp³-hybridized carbons (Fsp3) is 0.633. The number of unbranched alkanes of at least 4 members (excludes halogenated alkanes) is 2. The predicted molar refractivity (Wildman–Crippen MR) is 158 cm³/mol. The number of benzene rings is 1. The molecule has 10 nitrogen and oxygen atoms in total. The molecule has 11 heteroatoms. The highest BCUT2D eigenvalue weighted by atomic mass is 31.2. The van der Waals surface area contributed by atoms with Gasteiger partial charge in [-0.15, -0.1) is 0 Å². The molecule has 1 unspecified atom stereocenters. The van der Waals surface area contributed by atoms with Crippen LogP contribution in [0, 0.1) is 5.92 Å². The Hall–Kier alpha value is -2.04. The highest BCUT2D eigenvalue weighted by Crippen LogP contribution is 2.56. The molecule has 0 heterocycles. The number of hydrogen-bond donors (Lipinski definition) is 3. The van der Waals surface area contributed by atoms with E-state index >= 15 is 0 Å². The number of phenols is 1. The Balaban J connectivity index is 0.00000588. The lowest BCUT2D eigenvalue weighted by Crippen LogP contribution is -2.31. The quantitative estimate of drug-likeness (QED) is 0.0592. The summed E-state index contributed by atoms with van der Waals surface area (Å²) in [5.74, 6) is -0.624. The van der Waals surface area contributed by atoms with Gasteiger partial charge < -0.3 is 30.4 Å². The van der Waals surface area contributed by atoms with Crippen molar-refractivity contribution in [1.82, 2.24) is 6.15 Å². The standard InChI is InChI=1S/C30H45O9P.H3N/c1-6-7-8-9-23-19-26(31)28(25-18-22(4)10-11-24(25)21(2)3)27(20-23)38-29(32)30(12-13-30)39-40(33,34)37-17-16-36-15-14-35-5;/h18-20,24-25,31H,2,6-17H2,1,3-5H3,(H,33,34);1H3/t24-,25+;/m0./s1. The van der Waals surface area contributed by atoms with Crippen LogP contribution in [0.25, 0.3) is 0 Å². The maximum atomic E-state index is 13.4. The molecule has 0 radical (unpaired) electrons. The van der Waals surface area contributed by atoms with E-state index in [0.717, 1.165) is 49.7 Å². The average molecular weight is 598 g/mol. The van der Waals surface area contributed by atoms with Crippen LogP contribution in [-0.2, 0) is 34.3 Å². The molecule has 3 atom stereocenters. The van der Waals surface area contributed by atoms with Crippen molar-refractivity contribution in [2.75, 3.05) is 33.5 Å². The van der Waals surface area contributed by atoms with Gasteiger partial charge >= 0.3 is 13.8 Å². The van der Waals surface area contributed by atoms with Crippen molar-refractivity contribution in [3.63, 3.8) is 0 Å². The summed E-state index contributed by atoms with van der Waals surface area (Å²) in [6, 6.07) is 3.56. The SMILES string of the molecule is C=C(C)[C@@H]1CCC(C)=C[C@H]1c1c(O)cc(CCCCC)cc1OC(=O)C1(OP(=O)(O)OCCOCCOC)CC1.N. The van der Waals surface area contributed by atoms with Crippen LogP contribution in [0.4, 0.5) is 0 Å². The monoisotopic (exact) mass is 597 g/mol. The van der Waals surface area contributed by atoms with Gasteiger partial charge in [-0.2, -0.15) is 0 Å². The fourth-order valence-corrected chi connectivity index (χ4v) is 6.12. The normalized spacial score (nSPS) is 20.9. The molecule has 1 aromatic carbocycles.